The number of carbonyl (C=O) groups is 1. The second-order valence-electron chi connectivity index (χ2n) is 6.54. The third kappa shape index (κ3) is 2.42. The van der Waals surface area contributed by atoms with E-state index in [1.807, 2.05) is 0 Å². The van der Waals surface area contributed by atoms with Crippen molar-refractivity contribution in [1.29, 1.82) is 0 Å². The Morgan fingerprint density at radius 2 is 2.25 bits per heavy atom. The molecule has 1 fully saturated rings. The number of hydrogen-bond acceptors (Lipinski definition) is 2. The minimum atomic E-state index is -0.0719. The zero-order valence-electron chi connectivity index (χ0n) is 12.5. The molecule has 2 heteroatoms. The number of fused-ring (bicyclic) bond motifs is 1. The fourth-order valence-electron chi connectivity index (χ4n) is 4.02. The zero-order valence-corrected chi connectivity index (χ0v) is 12.5. The van der Waals surface area contributed by atoms with Crippen LogP contribution in [0.25, 0.3) is 0 Å². The maximum absolute atomic E-state index is 12.9. The Morgan fingerprint density at radius 3 is 2.95 bits per heavy atom. The van der Waals surface area contributed by atoms with Gasteiger partial charge in [-0.25, -0.2) is 0 Å². The molecule has 1 aromatic carbocycles. The molecular weight excluding hydrogens is 246 g/mol. The fourth-order valence-corrected chi connectivity index (χ4v) is 4.02. The van der Waals surface area contributed by atoms with Crippen LogP contribution < -0.4 is 5.32 Å². The average molecular weight is 271 g/mol. The molecule has 0 spiro atoms. The number of rotatable bonds is 5. The summed E-state index contributed by atoms with van der Waals surface area (Å²) in [4.78, 5) is 12.9. The molecular formula is C18H25NO. The molecule has 1 aliphatic heterocycles. The maximum Gasteiger partial charge on any atom is 0.140 e. The highest BCUT2D eigenvalue weighted by Crippen LogP contribution is 2.41. The van der Waals surface area contributed by atoms with E-state index in [-0.39, 0.29) is 5.41 Å². The lowest BCUT2D eigenvalue weighted by Gasteiger charge is -2.39. The summed E-state index contributed by atoms with van der Waals surface area (Å²) in [7, 11) is 0. The Labute approximate surface area is 122 Å². The highest BCUT2D eigenvalue weighted by atomic mass is 16.1. The number of piperidine rings is 1. The molecule has 0 radical (unpaired) electrons. The Bertz CT molecular complexity index is 482. The lowest BCUT2D eigenvalue weighted by molar-refractivity contribution is -0.130. The molecule has 0 saturated carbocycles. The number of carbonyl (C=O) groups excluding carboxylic acids is 1. The predicted octanol–water partition coefficient (Wildman–Crippen LogP) is 3.46. The van der Waals surface area contributed by atoms with Gasteiger partial charge >= 0.3 is 0 Å². The molecule has 1 saturated heterocycles. The van der Waals surface area contributed by atoms with E-state index in [1.165, 1.54) is 11.1 Å². The van der Waals surface area contributed by atoms with Crippen LogP contribution in [0.3, 0.4) is 0 Å². The van der Waals surface area contributed by atoms with Gasteiger partial charge in [0.15, 0.2) is 0 Å². The number of ketones is 1. The van der Waals surface area contributed by atoms with Crippen LogP contribution in [0, 0.1) is 5.41 Å². The second-order valence-corrected chi connectivity index (χ2v) is 6.54. The first-order valence-corrected chi connectivity index (χ1v) is 8.07. The number of hydrogen-bond donors (Lipinski definition) is 1. The van der Waals surface area contributed by atoms with Gasteiger partial charge in [0, 0.05) is 18.4 Å². The fraction of sp³-hybridized carbons (Fsp3) is 0.611. The van der Waals surface area contributed by atoms with Gasteiger partial charge in [-0.15, -0.1) is 0 Å². The van der Waals surface area contributed by atoms with Crippen molar-refractivity contribution >= 4 is 5.78 Å². The summed E-state index contributed by atoms with van der Waals surface area (Å²) in [5.74, 6) is 0.986. The van der Waals surface area contributed by atoms with Gasteiger partial charge in [0.2, 0.25) is 0 Å². The van der Waals surface area contributed by atoms with Crippen molar-refractivity contribution < 1.29 is 4.79 Å². The molecule has 0 bridgehead atoms. The molecule has 1 N–H and O–H groups in total. The molecule has 2 aliphatic rings. The van der Waals surface area contributed by atoms with Crippen molar-refractivity contribution in [3.63, 3.8) is 0 Å². The van der Waals surface area contributed by atoms with Crippen LogP contribution in [0.5, 0.6) is 0 Å². The Morgan fingerprint density at radius 1 is 1.40 bits per heavy atom. The summed E-state index contributed by atoms with van der Waals surface area (Å²) in [5.41, 5.74) is 2.78. The molecule has 3 rings (SSSR count). The van der Waals surface area contributed by atoms with Crippen LogP contribution in [-0.2, 0) is 11.2 Å². The monoisotopic (exact) mass is 271 g/mol. The Kier molecular flexibility index (Phi) is 3.93. The number of nitrogens with one attached hydrogen (secondary N) is 1. The van der Waals surface area contributed by atoms with Crippen LogP contribution in [-0.4, -0.2) is 18.9 Å². The summed E-state index contributed by atoms with van der Waals surface area (Å²) in [6.45, 7) is 4.17. The van der Waals surface area contributed by atoms with Gasteiger partial charge in [0.05, 0.1) is 0 Å². The minimum Gasteiger partial charge on any atom is -0.316 e. The summed E-state index contributed by atoms with van der Waals surface area (Å²) < 4.78 is 0. The summed E-state index contributed by atoms with van der Waals surface area (Å²) in [6.07, 6.45) is 6.23. The van der Waals surface area contributed by atoms with Gasteiger partial charge in [0.1, 0.15) is 5.78 Å². The molecule has 20 heavy (non-hydrogen) atoms. The largest absolute Gasteiger partial charge is 0.316 e. The molecule has 1 aromatic rings. The van der Waals surface area contributed by atoms with E-state index in [4.69, 9.17) is 0 Å². The second kappa shape index (κ2) is 5.69. The van der Waals surface area contributed by atoms with Gasteiger partial charge < -0.3 is 5.32 Å². The van der Waals surface area contributed by atoms with Gasteiger partial charge in [-0.05, 0) is 49.3 Å². The smallest absolute Gasteiger partial charge is 0.140 e. The molecule has 2 nitrogen and oxygen atoms in total. The van der Waals surface area contributed by atoms with Crippen molar-refractivity contribution in [2.24, 2.45) is 5.41 Å². The van der Waals surface area contributed by atoms with Crippen LogP contribution in [0.1, 0.15) is 56.1 Å². The van der Waals surface area contributed by atoms with E-state index in [9.17, 15) is 4.79 Å². The van der Waals surface area contributed by atoms with E-state index in [1.54, 1.807) is 0 Å². The highest BCUT2D eigenvalue weighted by molar-refractivity contribution is 5.86. The quantitative estimate of drug-likeness (QED) is 0.888. The first-order chi connectivity index (χ1) is 9.75. The van der Waals surface area contributed by atoms with Crippen LogP contribution in [0.2, 0.25) is 0 Å². The summed E-state index contributed by atoms with van der Waals surface area (Å²) in [6, 6.07) is 8.59. The number of Topliss-reactive ketones (excluding diaryl/α,β-unsaturated/α-hetero) is 1. The van der Waals surface area contributed by atoms with Gasteiger partial charge in [-0.3, -0.25) is 4.79 Å². The normalized spacial score (nSPS) is 28.6. The maximum atomic E-state index is 12.9. The predicted molar refractivity (Wildman–Crippen MR) is 82.0 cm³/mol. The highest BCUT2D eigenvalue weighted by Gasteiger charge is 2.40. The standard InChI is InChI=1S/C18H25NO/c1-2-8-18(9-5-10-19-13-18)17(20)12-15-11-14-6-3-4-7-16(14)15/h3-4,6-7,15,19H,2,5,8-13H2,1H3. The Balaban J connectivity index is 1.69. The topological polar surface area (TPSA) is 29.1 Å². The van der Waals surface area contributed by atoms with Crippen LogP contribution in [0.15, 0.2) is 24.3 Å². The molecule has 0 amide bonds. The van der Waals surface area contributed by atoms with E-state index >= 15 is 0 Å². The van der Waals surface area contributed by atoms with Crippen LogP contribution >= 0.6 is 0 Å². The molecule has 2 atom stereocenters. The van der Waals surface area contributed by atoms with Gasteiger partial charge in [-0.1, -0.05) is 37.6 Å². The van der Waals surface area contributed by atoms with Crippen molar-refractivity contribution in [2.75, 3.05) is 13.1 Å². The van der Waals surface area contributed by atoms with Crippen molar-refractivity contribution in [2.45, 2.75) is 51.4 Å². The van der Waals surface area contributed by atoms with Crippen LogP contribution in [0.4, 0.5) is 0 Å². The molecule has 0 aromatic heterocycles. The first-order valence-electron chi connectivity index (χ1n) is 8.07. The van der Waals surface area contributed by atoms with E-state index in [0.717, 1.165) is 51.6 Å². The SMILES string of the molecule is CCCC1(C(=O)CC2Cc3ccccc32)CCCNC1. The molecule has 1 aliphatic carbocycles. The van der Waals surface area contributed by atoms with Crippen molar-refractivity contribution in [3.05, 3.63) is 35.4 Å². The summed E-state index contributed by atoms with van der Waals surface area (Å²) in [5, 5.41) is 3.45. The first kappa shape index (κ1) is 13.8. The third-order valence-electron chi connectivity index (χ3n) is 5.19. The lowest BCUT2D eigenvalue weighted by Crippen LogP contribution is -2.46. The number of benzene rings is 1. The minimum absolute atomic E-state index is 0.0719. The molecule has 108 valence electrons. The van der Waals surface area contributed by atoms with Crippen molar-refractivity contribution in [1.82, 2.24) is 5.32 Å². The lowest BCUT2D eigenvalue weighted by atomic mass is 9.67. The molecule has 2 unspecified atom stereocenters. The van der Waals surface area contributed by atoms with E-state index in [2.05, 4.69) is 36.5 Å². The Hall–Kier alpha value is -1.15. The molecule has 1 heterocycles. The van der Waals surface area contributed by atoms with Crippen molar-refractivity contribution in [3.8, 4) is 0 Å². The average Bonchev–Trinajstić information content (AvgIpc) is 2.46. The van der Waals surface area contributed by atoms with Gasteiger partial charge in [-0.2, -0.15) is 0 Å². The van der Waals surface area contributed by atoms with Gasteiger partial charge in [0.25, 0.3) is 0 Å². The summed E-state index contributed by atoms with van der Waals surface area (Å²) >= 11 is 0. The third-order valence-corrected chi connectivity index (χ3v) is 5.19. The van der Waals surface area contributed by atoms with E-state index in [0.29, 0.717) is 11.7 Å². The zero-order chi connectivity index (χ0) is 14.0. The van der Waals surface area contributed by atoms with E-state index < -0.39 is 0 Å².